The number of halogens is 1. The van der Waals surface area contributed by atoms with Crippen molar-refractivity contribution < 1.29 is 9.53 Å². The summed E-state index contributed by atoms with van der Waals surface area (Å²) in [5, 5.41) is 0. The molecule has 1 saturated heterocycles. The molecule has 1 aromatic rings. The van der Waals surface area contributed by atoms with E-state index in [0.717, 1.165) is 17.6 Å². The first-order chi connectivity index (χ1) is 11.8. The Morgan fingerprint density at radius 2 is 1.81 bits per heavy atom. The van der Waals surface area contributed by atoms with Gasteiger partial charge in [-0.3, -0.25) is 4.90 Å². The molecular weight excluding hydrogens is 392 g/mol. The predicted molar refractivity (Wildman–Crippen MR) is 111 cm³/mol. The van der Waals surface area contributed by atoms with Gasteiger partial charge in [-0.05, 0) is 56.4 Å². The minimum Gasteiger partial charge on any atom is -0.444 e. The third kappa shape index (κ3) is 5.98. The Hall–Kier alpha value is -1.07. The molecule has 1 aliphatic rings. The van der Waals surface area contributed by atoms with Crippen LogP contribution in [0.4, 0.5) is 4.79 Å². The topological polar surface area (TPSA) is 32.8 Å². The first-order valence-corrected chi connectivity index (χ1v) is 10.2. The molecule has 1 aromatic carbocycles. The van der Waals surface area contributed by atoms with Gasteiger partial charge in [0, 0.05) is 36.7 Å². The average molecular weight is 425 g/mol. The van der Waals surface area contributed by atoms with Gasteiger partial charge in [-0.25, -0.2) is 4.79 Å². The van der Waals surface area contributed by atoms with E-state index < -0.39 is 5.60 Å². The highest BCUT2D eigenvalue weighted by Crippen LogP contribution is 2.28. The largest absolute Gasteiger partial charge is 0.444 e. The van der Waals surface area contributed by atoms with E-state index in [2.05, 4.69) is 66.7 Å². The summed E-state index contributed by atoms with van der Waals surface area (Å²) in [6.07, 6.45) is -0.207. The van der Waals surface area contributed by atoms with Gasteiger partial charge >= 0.3 is 6.09 Å². The lowest BCUT2D eigenvalue weighted by Gasteiger charge is -2.40. The molecule has 5 heteroatoms. The quantitative estimate of drug-likeness (QED) is 0.654. The summed E-state index contributed by atoms with van der Waals surface area (Å²) in [7, 11) is 0. The summed E-state index contributed by atoms with van der Waals surface area (Å²) < 4.78 is 6.64. The van der Waals surface area contributed by atoms with E-state index in [1.54, 1.807) is 0 Å². The first kappa shape index (κ1) is 21.2. The van der Waals surface area contributed by atoms with Crippen LogP contribution in [0.2, 0.25) is 0 Å². The van der Waals surface area contributed by atoms with Crippen molar-refractivity contribution >= 4 is 22.0 Å². The van der Waals surface area contributed by atoms with Crippen molar-refractivity contribution in [3.05, 3.63) is 33.8 Å². The smallest absolute Gasteiger partial charge is 0.410 e. The standard InChI is InChI=1S/C21H33BrN2O2/c1-15-13-24(19(25)26-21(5,6)7)9-8-23(15)14-16-10-17(20(2,3)4)12-18(22)11-16/h10-12,15H,8-9,13-14H2,1-7H3/t15-/m1/s1. The minimum atomic E-state index is -0.447. The highest BCUT2D eigenvalue weighted by molar-refractivity contribution is 9.10. The Morgan fingerprint density at radius 3 is 2.35 bits per heavy atom. The van der Waals surface area contributed by atoms with E-state index >= 15 is 0 Å². The van der Waals surface area contributed by atoms with Crippen LogP contribution in [0.15, 0.2) is 22.7 Å². The maximum absolute atomic E-state index is 12.3. The average Bonchev–Trinajstić information content (AvgIpc) is 2.46. The zero-order valence-electron chi connectivity index (χ0n) is 17.2. The van der Waals surface area contributed by atoms with Gasteiger partial charge in [-0.1, -0.05) is 42.8 Å². The SMILES string of the molecule is C[C@@H]1CN(C(=O)OC(C)(C)C)CCN1Cc1cc(Br)cc(C(C)(C)C)c1. The molecule has 0 aromatic heterocycles. The van der Waals surface area contributed by atoms with Crippen LogP contribution < -0.4 is 0 Å². The van der Waals surface area contributed by atoms with Crippen molar-refractivity contribution in [3.8, 4) is 0 Å². The molecule has 1 heterocycles. The van der Waals surface area contributed by atoms with Crippen molar-refractivity contribution in [2.75, 3.05) is 19.6 Å². The van der Waals surface area contributed by atoms with Crippen LogP contribution in [0.1, 0.15) is 59.6 Å². The van der Waals surface area contributed by atoms with E-state index in [9.17, 15) is 4.79 Å². The maximum atomic E-state index is 12.3. The number of piperazine rings is 1. The van der Waals surface area contributed by atoms with E-state index in [1.165, 1.54) is 11.1 Å². The molecule has 0 saturated carbocycles. The third-order valence-electron chi connectivity index (χ3n) is 4.63. The Labute approximate surface area is 167 Å². The van der Waals surface area contributed by atoms with Gasteiger partial charge < -0.3 is 9.64 Å². The predicted octanol–water partition coefficient (Wildman–Crippen LogP) is 5.19. The molecule has 1 fully saturated rings. The van der Waals surface area contributed by atoms with Gasteiger partial charge in [0.2, 0.25) is 0 Å². The van der Waals surface area contributed by atoms with Gasteiger partial charge in [0.25, 0.3) is 0 Å². The van der Waals surface area contributed by atoms with Crippen LogP contribution >= 0.6 is 15.9 Å². The molecule has 2 rings (SSSR count). The molecule has 4 nitrogen and oxygen atoms in total. The van der Waals surface area contributed by atoms with Crippen LogP contribution in [0.3, 0.4) is 0 Å². The van der Waals surface area contributed by atoms with Crippen LogP contribution in [0, 0.1) is 0 Å². The number of amides is 1. The zero-order valence-corrected chi connectivity index (χ0v) is 18.8. The molecule has 1 aliphatic heterocycles. The Balaban J connectivity index is 2.03. The highest BCUT2D eigenvalue weighted by Gasteiger charge is 2.30. The highest BCUT2D eigenvalue weighted by atomic mass is 79.9. The number of ether oxygens (including phenoxy) is 1. The Bertz CT molecular complexity index is 646. The molecule has 1 atom stereocenters. The number of benzene rings is 1. The normalized spacial score (nSPS) is 19.5. The minimum absolute atomic E-state index is 0.125. The number of hydrogen-bond donors (Lipinski definition) is 0. The van der Waals surface area contributed by atoms with Crippen LogP contribution in [0.25, 0.3) is 0 Å². The lowest BCUT2D eigenvalue weighted by atomic mass is 9.86. The fourth-order valence-corrected chi connectivity index (χ4v) is 3.67. The molecule has 26 heavy (non-hydrogen) atoms. The number of carbonyl (C=O) groups is 1. The first-order valence-electron chi connectivity index (χ1n) is 9.37. The number of rotatable bonds is 2. The van der Waals surface area contributed by atoms with E-state index in [0.29, 0.717) is 19.1 Å². The fourth-order valence-electron chi connectivity index (χ4n) is 3.13. The third-order valence-corrected chi connectivity index (χ3v) is 5.08. The molecule has 0 bridgehead atoms. The Morgan fingerprint density at radius 1 is 1.15 bits per heavy atom. The zero-order chi connectivity index (χ0) is 19.7. The van der Waals surface area contributed by atoms with Crippen molar-refractivity contribution in [3.63, 3.8) is 0 Å². The molecule has 146 valence electrons. The van der Waals surface area contributed by atoms with Crippen LogP contribution in [0.5, 0.6) is 0 Å². The summed E-state index contributed by atoms with van der Waals surface area (Å²) in [5.74, 6) is 0. The molecule has 0 radical (unpaired) electrons. The van der Waals surface area contributed by atoms with Crippen molar-refractivity contribution in [1.29, 1.82) is 0 Å². The van der Waals surface area contributed by atoms with E-state index in [4.69, 9.17) is 4.74 Å². The maximum Gasteiger partial charge on any atom is 0.410 e. The molecule has 1 amide bonds. The van der Waals surface area contributed by atoms with Gasteiger partial charge in [-0.15, -0.1) is 0 Å². The lowest BCUT2D eigenvalue weighted by molar-refractivity contribution is 0.00460. The van der Waals surface area contributed by atoms with Crippen molar-refractivity contribution in [2.24, 2.45) is 0 Å². The number of carbonyl (C=O) groups excluding carboxylic acids is 1. The summed E-state index contributed by atoms with van der Waals surface area (Å²) in [6.45, 7) is 17.8. The summed E-state index contributed by atoms with van der Waals surface area (Å²) >= 11 is 3.65. The fraction of sp³-hybridized carbons (Fsp3) is 0.667. The van der Waals surface area contributed by atoms with E-state index in [1.807, 2.05) is 25.7 Å². The lowest BCUT2D eigenvalue weighted by Crippen LogP contribution is -2.54. The number of hydrogen-bond acceptors (Lipinski definition) is 3. The molecule has 0 aliphatic carbocycles. The van der Waals surface area contributed by atoms with Crippen molar-refractivity contribution in [2.45, 2.75) is 72.1 Å². The van der Waals surface area contributed by atoms with Gasteiger partial charge in [0.1, 0.15) is 5.60 Å². The van der Waals surface area contributed by atoms with Gasteiger partial charge in [0.15, 0.2) is 0 Å². The van der Waals surface area contributed by atoms with E-state index in [-0.39, 0.29) is 11.5 Å². The molecule has 0 N–H and O–H groups in total. The molecule has 0 spiro atoms. The monoisotopic (exact) mass is 424 g/mol. The molecule has 0 unspecified atom stereocenters. The number of nitrogens with zero attached hydrogens (tertiary/aromatic N) is 2. The Kier molecular flexibility index (Phi) is 6.44. The summed E-state index contributed by atoms with van der Waals surface area (Å²) in [4.78, 5) is 16.6. The summed E-state index contributed by atoms with van der Waals surface area (Å²) in [6, 6.07) is 7.00. The summed E-state index contributed by atoms with van der Waals surface area (Å²) in [5.41, 5.74) is 2.32. The van der Waals surface area contributed by atoms with Gasteiger partial charge in [0.05, 0.1) is 0 Å². The molecular formula is C21H33BrN2O2. The van der Waals surface area contributed by atoms with Gasteiger partial charge in [-0.2, -0.15) is 0 Å². The van der Waals surface area contributed by atoms with Crippen LogP contribution in [-0.4, -0.2) is 47.2 Å². The van der Waals surface area contributed by atoms with Crippen molar-refractivity contribution in [1.82, 2.24) is 9.80 Å². The second-order valence-electron chi connectivity index (χ2n) is 9.34. The van der Waals surface area contributed by atoms with Crippen LogP contribution in [-0.2, 0) is 16.7 Å². The second-order valence-corrected chi connectivity index (χ2v) is 10.3. The second kappa shape index (κ2) is 7.89.